The van der Waals surface area contributed by atoms with Gasteiger partial charge in [-0.15, -0.1) is 6.58 Å². The van der Waals surface area contributed by atoms with Gasteiger partial charge < -0.3 is 15.0 Å². The Morgan fingerprint density at radius 1 is 1.24 bits per heavy atom. The number of hydrogen-bond acceptors (Lipinski definition) is 4. The Morgan fingerprint density at radius 2 is 2.03 bits per heavy atom. The number of hydrogen-bond donors (Lipinski definition) is 1. The number of likely N-dealkylation sites (tertiary alicyclic amines) is 1. The number of pyridine rings is 1. The van der Waals surface area contributed by atoms with Crippen LogP contribution in [-0.4, -0.2) is 41.5 Å². The van der Waals surface area contributed by atoms with Gasteiger partial charge in [0.2, 0.25) is 5.88 Å². The average molecular weight is 392 g/mol. The van der Waals surface area contributed by atoms with Crippen molar-refractivity contribution in [3.8, 4) is 5.88 Å². The quantitative estimate of drug-likeness (QED) is 0.734. The number of nitrogens with zero attached hydrogens (tertiary/aromatic N) is 2. The van der Waals surface area contributed by atoms with Crippen LogP contribution >= 0.6 is 0 Å². The maximum atomic E-state index is 13.5. The maximum absolute atomic E-state index is 13.5. The first-order chi connectivity index (χ1) is 14.1. The fraction of sp³-hybridized carbons (Fsp3) is 0.417. The van der Waals surface area contributed by atoms with Crippen LogP contribution in [-0.2, 0) is 0 Å². The fourth-order valence-electron chi connectivity index (χ4n) is 4.19. The van der Waals surface area contributed by atoms with Crippen molar-refractivity contribution in [2.24, 2.45) is 0 Å². The number of rotatable bonds is 6. The zero-order chi connectivity index (χ0) is 20.4. The molecule has 152 valence electrons. The van der Waals surface area contributed by atoms with Gasteiger partial charge in [0, 0.05) is 30.1 Å². The van der Waals surface area contributed by atoms with E-state index < -0.39 is 0 Å². The molecule has 2 aromatic rings. The molecule has 1 aromatic heterocycles. The van der Waals surface area contributed by atoms with Crippen molar-refractivity contribution in [2.75, 3.05) is 18.9 Å². The SMILES string of the molecule is C=CC1CCC(Oc2nccc(NC)c2C)CN1C(=O)c1ccccc1C1CC1. The molecule has 2 fully saturated rings. The van der Waals surface area contributed by atoms with E-state index in [0.717, 1.165) is 29.7 Å². The Morgan fingerprint density at radius 3 is 2.76 bits per heavy atom. The molecular formula is C24H29N3O2. The third-order valence-electron chi connectivity index (χ3n) is 6.03. The van der Waals surface area contributed by atoms with Crippen LogP contribution in [0.1, 0.15) is 53.1 Å². The zero-order valence-electron chi connectivity index (χ0n) is 17.2. The van der Waals surface area contributed by atoms with E-state index in [2.05, 4.69) is 22.9 Å². The summed E-state index contributed by atoms with van der Waals surface area (Å²) in [6.07, 6.45) is 7.62. The molecule has 4 rings (SSSR count). The minimum Gasteiger partial charge on any atom is -0.472 e. The monoisotopic (exact) mass is 391 g/mol. The van der Waals surface area contributed by atoms with Gasteiger partial charge in [-0.05, 0) is 56.2 Å². The van der Waals surface area contributed by atoms with Gasteiger partial charge in [0.1, 0.15) is 6.10 Å². The molecule has 2 aliphatic rings. The lowest BCUT2D eigenvalue weighted by Crippen LogP contribution is -2.49. The Hall–Kier alpha value is -2.82. The third-order valence-corrected chi connectivity index (χ3v) is 6.03. The predicted octanol–water partition coefficient (Wildman–Crippen LogP) is 4.55. The molecule has 1 saturated heterocycles. The molecule has 0 spiro atoms. The maximum Gasteiger partial charge on any atom is 0.254 e. The van der Waals surface area contributed by atoms with E-state index in [1.54, 1.807) is 6.20 Å². The zero-order valence-corrected chi connectivity index (χ0v) is 17.2. The molecule has 1 aliphatic carbocycles. The van der Waals surface area contributed by atoms with Crippen LogP contribution in [0, 0.1) is 6.92 Å². The normalized spacial score (nSPS) is 21.5. The molecule has 2 unspecified atom stereocenters. The van der Waals surface area contributed by atoms with E-state index in [9.17, 15) is 4.79 Å². The highest BCUT2D eigenvalue weighted by Crippen LogP contribution is 2.42. The van der Waals surface area contributed by atoms with Gasteiger partial charge in [0.05, 0.1) is 12.6 Å². The minimum absolute atomic E-state index is 0.0345. The third kappa shape index (κ3) is 4.00. The molecule has 1 aromatic carbocycles. The number of nitrogens with one attached hydrogen (secondary N) is 1. The summed E-state index contributed by atoms with van der Waals surface area (Å²) < 4.78 is 6.25. The van der Waals surface area contributed by atoms with E-state index in [0.29, 0.717) is 18.3 Å². The fourth-order valence-corrected chi connectivity index (χ4v) is 4.19. The topological polar surface area (TPSA) is 54.5 Å². The molecule has 0 bridgehead atoms. The molecule has 1 saturated carbocycles. The second-order valence-electron chi connectivity index (χ2n) is 7.98. The number of carbonyl (C=O) groups is 1. The van der Waals surface area contributed by atoms with Gasteiger partial charge in [0.25, 0.3) is 5.91 Å². The Labute approximate surface area is 172 Å². The van der Waals surface area contributed by atoms with Crippen molar-refractivity contribution in [2.45, 2.75) is 50.7 Å². The summed E-state index contributed by atoms with van der Waals surface area (Å²) in [6, 6.07) is 10.0. The average Bonchev–Trinajstić information content (AvgIpc) is 3.60. The highest BCUT2D eigenvalue weighted by molar-refractivity contribution is 5.96. The molecule has 2 heterocycles. The van der Waals surface area contributed by atoms with E-state index in [4.69, 9.17) is 4.74 Å². The van der Waals surface area contributed by atoms with Gasteiger partial charge >= 0.3 is 0 Å². The molecule has 2 atom stereocenters. The second-order valence-corrected chi connectivity index (χ2v) is 7.98. The first kappa shape index (κ1) is 19.5. The van der Waals surface area contributed by atoms with Gasteiger partial charge in [-0.2, -0.15) is 0 Å². The molecule has 1 N–H and O–H groups in total. The lowest BCUT2D eigenvalue weighted by Gasteiger charge is -2.38. The largest absolute Gasteiger partial charge is 0.472 e. The van der Waals surface area contributed by atoms with Crippen LogP contribution in [0.2, 0.25) is 0 Å². The molecule has 5 heteroatoms. The smallest absolute Gasteiger partial charge is 0.254 e. The number of piperidine rings is 1. The molecule has 1 aliphatic heterocycles. The number of ether oxygens (including phenoxy) is 1. The lowest BCUT2D eigenvalue weighted by molar-refractivity contribution is 0.0418. The van der Waals surface area contributed by atoms with Crippen molar-refractivity contribution in [3.05, 3.63) is 65.9 Å². The van der Waals surface area contributed by atoms with Gasteiger partial charge in [-0.25, -0.2) is 4.98 Å². The number of benzene rings is 1. The number of aromatic nitrogens is 1. The molecule has 29 heavy (non-hydrogen) atoms. The van der Waals surface area contributed by atoms with E-state index in [-0.39, 0.29) is 18.1 Å². The van der Waals surface area contributed by atoms with Crippen LogP contribution in [0.4, 0.5) is 5.69 Å². The summed E-state index contributed by atoms with van der Waals surface area (Å²) in [5, 5.41) is 3.16. The van der Waals surface area contributed by atoms with Gasteiger partial charge in [-0.1, -0.05) is 24.3 Å². The summed E-state index contributed by atoms with van der Waals surface area (Å²) in [6.45, 7) is 6.51. The predicted molar refractivity (Wildman–Crippen MR) is 116 cm³/mol. The Bertz CT molecular complexity index is 907. The van der Waals surface area contributed by atoms with Crippen LogP contribution in [0.3, 0.4) is 0 Å². The van der Waals surface area contributed by atoms with Gasteiger partial charge in [-0.3, -0.25) is 4.79 Å². The highest BCUT2D eigenvalue weighted by Gasteiger charge is 2.35. The standard InChI is InChI=1S/C24H29N3O2/c1-4-18-11-12-19(29-23-16(2)22(25-3)13-14-26-23)15-27(18)24(28)21-8-6-5-7-20(21)17-9-10-17/h4-8,13-14,17-19H,1,9-12,15H2,2-3H3,(H,25,26). The number of amides is 1. The summed E-state index contributed by atoms with van der Waals surface area (Å²) >= 11 is 0. The summed E-state index contributed by atoms with van der Waals surface area (Å²) in [4.78, 5) is 19.8. The van der Waals surface area contributed by atoms with E-state index >= 15 is 0 Å². The Kier molecular flexibility index (Phi) is 5.56. The number of carbonyl (C=O) groups excluding carboxylic acids is 1. The minimum atomic E-state index is -0.0819. The van der Waals surface area contributed by atoms with Crippen LogP contribution < -0.4 is 10.1 Å². The lowest BCUT2D eigenvalue weighted by atomic mass is 9.96. The van der Waals surface area contributed by atoms with Crippen molar-refractivity contribution in [1.29, 1.82) is 0 Å². The van der Waals surface area contributed by atoms with Crippen molar-refractivity contribution < 1.29 is 9.53 Å². The summed E-state index contributed by atoms with van der Waals surface area (Å²) in [5.41, 5.74) is 4.00. The van der Waals surface area contributed by atoms with Crippen molar-refractivity contribution >= 4 is 11.6 Å². The van der Waals surface area contributed by atoms with E-state index in [1.165, 1.54) is 18.4 Å². The second kappa shape index (κ2) is 8.27. The molecule has 0 radical (unpaired) electrons. The van der Waals surface area contributed by atoms with Crippen molar-refractivity contribution in [3.63, 3.8) is 0 Å². The molecule has 1 amide bonds. The Balaban J connectivity index is 1.55. The summed E-state index contributed by atoms with van der Waals surface area (Å²) in [7, 11) is 1.89. The van der Waals surface area contributed by atoms with Gasteiger partial charge in [0.15, 0.2) is 0 Å². The van der Waals surface area contributed by atoms with Crippen LogP contribution in [0.25, 0.3) is 0 Å². The molecule has 5 nitrogen and oxygen atoms in total. The van der Waals surface area contributed by atoms with Crippen molar-refractivity contribution in [1.82, 2.24) is 9.88 Å². The first-order valence-corrected chi connectivity index (χ1v) is 10.4. The van der Waals surface area contributed by atoms with Crippen LogP contribution in [0.5, 0.6) is 5.88 Å². The first-order valence-electron chi connectivity index (χ1n) is 10.4. The van der Waals surface area contributed by atoms with Crippen LogP contribution in [0.15, 0.2) is 49.2 Å². The highest BCUT2D eigenvalue weighted by atomic mass is 16.5. The summed E-state index contributed by atoms with van der Waals surface area (Å²) in [5.74, 6) is 1.24. The van der Waals surface area contributed by atoms with E-state index in [1.807, 2.05) is 49.2 Å². The molecular weight excluding hydrogens is 362 g/mol. The number of anilines is 1.